The van der Waals surface area contributed by atoms with E-state index >= 15 is 0 Å². The Hall–Kier alpha value is -3.09. The Balaban J connectivity index is 1.81. The number of benzene rings is 2. The predicted molar refractivity (Wildman–Crippen MR) is 96.0 cm³/mol. The van der Waals surface area contributed by atoms with Crippen LogP contribution in [0.3, 0.4) is 0 Å². The normalized spacial score (nSPS) is 15.9. The summed E-state index contributed by atoms with van der Waals surface area (Å²) in [7, 11) is 0. The van der Waals surface area contributed by atoms with Gasteiger partial charge in [-0.05, 0) is 37.1 Å². The van der Waals surface area contributed by atoms with E-state index < -0.39 is 23.1 Å². The van der Waals surface area contributed by atoms with E-state index in [0.29, 0.717) is 5.39 Å². The first-order valence-corrected chi connectivity index (χ1v) is 8.41. The zero-order valence-electron chi connectivity index (χ0n) is 14.3. The van der Waals surface area contributed by atoms with Crippen molar-refractivity contribution in [1.29, 1.82) is 0 Å². The fraction of sp³-hybridized carbons (Fsp3) is 0.200. The third kappa shape index (κ3) is 2.79. The van der Waals surface area contributed by atoms with Gasteiger partial charge in [-0.1, -0.05) is 24.3 Å². The molecule has 1 aliphatic heterocycles. The van der Waals surface area contributed by atoms with Crippen LogP contribution in [0, 0.1) is 0 Å². The van der Waals surface area contributed by atoms with Gasteiger partial charge in [-0.25, -0.2) is 0 Å². The maximum Gasteiger partial charge on any atom is 0.418 e. The highest BCUT2D eigenvalue weighted by molar-refractivity contribution is 6.06. The van der Waals surface area contributed by atoms with Crippen LogP contribution in [0.5, 0.6) is 0 Å². The number of hydrogen-bond acceptors (Lipinski definition) is 2. The maximum atomic E-state index is 13.1. The smallest absolute Gasteiger partial charge is 0.343 e. The predicted octanol–water partition coefficient (Wildman–Crippen LogP) is 4.39. The number of aromatic nitrogens is 1. The number of rotatable bonds is 2. The number of para-hydroxylation sites is 2. The second-order valence-electron chi connectivity index (χ2n) is 6.64. The molecule has 0 saturated heterocycles. The number of carbonyl (C=O) groups is 1. The zero-order chi connectivity index (χ0) is 19.3. The van der Waals surface area contributed by atoms with Crippen molar-refractivity contribution in [3.63, 3.8) is 0 Å². The van der Waals surface area contributed by atoms with E-state index in [-0.39, 0.29) is 17.3 Å². The Morgan fingerprint density at radius 1 is 1.15 bits per heavy atom. The zero-order valence-corrected chi connectivity index (χ0v) is 14.3. The standard InChI is InChI=1S/C20H15F3N2O2/c1-11-9-12-5-4-6-13-17(12)25(11)10-14(18(13)26)19(27)24-16-8-3-2-7-15(16)20(21,22)23/h2-8,10-11H,9H2,1H3,(H,24,27). The SMILES string of the molecule is CC1Cc2cccc3c(=O)c(C(=O)Nc4ccccc4C(F)(F)F)cn1c23. The van der Waals surface area contributed by atoms with Gasteiger partial charge in [-0.3, -0.25) is 9.59 Å². The molecular weight excluding hydrogens is 357 g/mol. The van der Waals surface area contributed by atoms with Crippen molar-refractivity contribution >= 4 is 22.5 Å². The highest BCUT2D eigenvalue weighted by atomic mass is 19.4. The van der Waals surface area contributed by atoms with Crippen molar-refractivity contribution in [1.82, 2.24) is 4.57 Å². The number of amides is 1. The summed E-state index contributed by atoms with van der Waals surface area (Å²) in [5.41, 5.74) is -0.199. The Labute approximate surface area is 152 Å². The lowest BCUT2D eigenvalue weighted by Gasteiger charge is -2.15. The summed E-state index contributed by atoms with van der Waals surface area (Å²) in [5.74, 6) is -0.855. The lowest BCUT2D eigenvalue weighted by Crippen LogP contribution is -2.25. The van der Waals surface area contributed by atoms with Crippen LogP contribution in [0.25, 0.3) is 10.9 Å². The van der Waals surface area contributed by atoms with E-state index in [9.17, 15) is 22.8 Å². The molecule has 0 saturated carbocycles. The van der Waals surface area contributed by atoms with Crippen LogP contribution in [0.4, 0.5) is 18.9 Å². The summed E-state index contributed by atoms with van der Waals surface area (Å²) in [6.07, 6.45) is -2.43. The Morgan fingerprint density at radius 3 is 2.63 bits per heavy atom. The molecule has 2 heterocycles. The second-order valence-corrected chi connectivity index (χ2v) is 6.64. The lowest BCUT2D eigenvalue weighted by atomic mass is 10.1. The molecule has 1 N–H and O–H groups in total. The van der Waals surface area contributed by atoms with Crippen LogP contribution in [0.2, 0.25) is 0 Å². The third-order valence-corrected chi connectivity index (χ3v) is 4.85. The van der Waals surface area contributed by atoms with Gasteiger partial charge >= 0.3 is 6.18 Å². The molecule has 27 heavy (non-hydrogen) atoms. The first-order chi connectivity index (χ1) is 12.8. The molecule has 1 amide bonds. The summed E-state index contributed by atoms with van der Waals surface area (Å²) < 4.78 is 41.3. The number of nitrogens with zero attached hydrogens (tertiary/aromatic N) is 1. The Bertz CT molecular complexity index is 1130. The van der Waals surface area contributed by atoms with Gasteiger partial charge in [0.25, 0.3) is 5.91 Å². The minimum Gasteiger partial charge on any atom is -0.343 e. The topological polar surface area (TPSA) is 51.1 Å². The first-order valence-electron chi connectivity index (χ1n) is 8.41. The molecule has 0 fully saturated rings. The van der Waals surface area contributed by atoms with Gasteiger partial charge in [0.05, 0.1) is 16.8 Å². The molecule has 138 valence electrons. The fourth-order valence-corrected chi connectivity index (χ4v) is 3.61. The van der Waals surface area contributed by atoms with E-state index in [1.54, 1.807) is 12.1 Å². The van der Waals surface area contributed by atoms with Crippen LogP contribution in [0.15, 0.2) is 53.5 Å². The van der Waals surface area contributed by atoms with Gasteiger partial charge in [-0.15, -0.1) is 0 Å². The van der Waals surface area contributed by atoms with Crippen molar-refractivity contribution in [3.05, 3.63) is 75.6 Å². The Morgan fingerprint density at radius 2 is 1.89 bits per heavy atom. The van der Waals surface area contributed by atoms with Gasteiger partial charge in [0.15, 0.2) is 0 Å². The number of pyridine rings is 1. The van der Waals surface area contributed by atoms with E-state index in [1.807, 2.05) is 17.6 Å². The molecule has 4 nitrogen and oxygen atoms in total. The van der Waals surface area contributed by atoms with Crippen molar-refractivity contribution in [3.8, 4) is 0 Å². The van der Waals surface area contributed by atoms with E-state index in [0.717, 1.165) is 23.6 Å². The van der Waals surface area contributed by atoms with Gasteiger partial charge < -0.3 is 9.88 Å². The molecule has 0 aliphatic carbocycles. The van der Waals surface area contributed by atoms with Crippen molar-refractivity contribution in [2.24, 2.45) is 0 Å². The summed E-state index contributed by atoms with van der Waals surface area (Å²) in [4.78, 5) is 25.4. The Kier molecular flexibility index (Phi) is 3.83. The molecule has 2 aromatic carbocycles. The summed E-state index contributed by atoms with van der Waals surface area (Å²) in [6, 6.07) is 10.1. The summed E-state index contributed by atoms with van der Waals surface area (Å²) in [6.45, 7) is 1.96. The van der Waals surface area contributed by atoms with E-state index in [2.05, 4.69) is 5.32 Å². The number of anilines is 1. The molecule has 1 aromatic heterocycles. The lowest BCUT2D eigenvalue weighted by molar-refractivity contribution is -0.136. The highest BCUT2D eigenvalue weighted by Crippen LogP contribution is 2.35. The maximum absolute atomic E-state index is 13.1. The van der Waals surface area contributed by atoms with Gasteiger partial charge in [-0.2, -0.15) is 13.2 Å². The average molecular weight is 372 g/mol. The molecule has 3 aromatic rings. The van der Waals surface area contributed by atoms with Gasteiger partial charge in [0.1, 0.15) is 5.56 Å². The van der Waals surface area contributed by atoms with Crippen LogP contribution in [0.1, 0.15) is 34.5 Å². The number of hydrogen-bond donors (Lipinski definition) is 1. The monoisotopic (exact) mass is 372 g/mol. The number of carbonyl (C=O) groups excluding carboxylic acids is 1. The average Bonchev–Trinajstić information content (AvgIpc) is 2.93. The summed E-state index contributed by atoms with van der Waals surface area (Å²) >= 11 is 0. The molecular formula is C20H15F3N2O2. The quantitative estimate of drug-likeness (QED) is 0.725. The van der Waals surface area contributed by atoms with Crippen LogP contribution >= 0.6 is 0 Å². The van der Waals surface area contributed by atoms with Gasteiger partial charge in [0, 0.05) is 17.6 Å². The number of alkyl halides is 3. The molecule has 4 rings (SSSR count). The molecule has 0 radical (unpaired) electrons. The highest BCUT2D eigenvalue weighted by Gasteiger charge is 2.34. The molecule has 0 spiro atoms. The molecule has 7 heteroatoms. The second kappa shape index (κ2) is 5.97. The van der Waals surface area contributed by atoms with E-state index in [1.165, 1.54) is 24.4 Å². The number of halogens is 3. The fourth-order valence-electron chi connectivity index (χ4n) is 3.61. The minimum absolute atomic E-state index is 0.0551. The van der Waals surface area contributed by atoms with Gasteiger partial charge in [0.2, 0.25) is 5.43 Å². The minimum atomic E-state index is -4.61. The molecule has 0 bridgehead atoms. The van der Waals surface area contributed by atoms with E-state index in [4.69, 9.17) is 0 Å². The molecule has 1 unspecified atom stereocenters. The third-order valence-electron chi connectivity index (χ3n) is 4.85. The van der Waals surface area contributed by atoms with Crippen molar-refractivity contribution in [2.75, 3.05) is 5.32 Å². The largest absolute Gasteiger partial charge is 0.418 e. The van der Waals surface area contributed by atoms with Crippen molar-refractivity contribution in [2.45, 2.75) is 25.6 Å². The first kappa shape index (κ1) is 17.3. The summed E-state index contributed by atoms with van der Waals surface area (Å²) in [5, 5.41) is 2.65. The molecule has 1 aliphatic rings. The van der Waals surface area contributed by atoms with Crippen LogP contribution in [-0.2, 0) is 12.6 Å². The van der Waals surface area contributed by atoms with Crippen molar-refractivity contribution < 1.29 is 18.0 Å². The number of nitrogens with one attached hydrogen (secondary N) is 1. The van der Waals surface area contributed by atoms with Crippen LogP contribution < -0.4 is 10.7 Å². The molecule has 1 atom stereocenters. The van der Waals surface area contributed by atoms with Crippen LogP contribution in [-0.4, -0.2) is 10.5 Å².